The third-order valence-electron chi connectivity index (χ3n) is 5.15. The van der Waals surface area contributed by atoms with Gasteiger partial charge in [0.15, 0.2) is 5.65 Å². The highest BCUT2D eigenvalue weighted by molar-refractivity contribution is 6.58. The van der Waals surface area contributed by atoms with Crippen molar-refractivity contribution in [2.75, 3.05) is 0 Å². The zero-order chi connectivity index (χ0) is 26.4. The number of benzene rings is 2. The largest absolute Gasteiger partial charge is 0.488 e. The fraction of sp³-hybridized carbons (Fsp3) is 0.0400. The second-order valence-corrected chi connectivity index (χ2v) is 8.97. The van der Waals surface area contributed by atoms with E-state index in [1.807, 2.05) is 65.4 Å². The molecule has 1 aliphatic carbocycles. The maximum Gasteiger partial charge on any atom is 0.488 e. The number of allylic oxidation sites excluding steroid dienone is 1. The van der Waals surface area contributed by atoms with Gasteiger partial charge in [-0.3, -0.25) is 0 Å². The van der Waals surface area contributed by atoms with Gasteiger partial charge in [0.1, 0.15) is 10.3 Å². The Morgan fingerprint density at radius 3 is 2.00 bits per heavy atom. The van der Waals surface area contributed by atoms with Crippen LogP contribution in [0.25, 0.3) is 22.8 Å². The minimum atomic E-state index is -1.34. The van der Waals surface area contributed by atoms with Crippen molar-refractivity contribution in [1.29, 1.82) is 0 Å². The average Bonchev–Trinajstić information content (AvgIpc) is 3.53. The van der Waals surface area contributed by atoms with Crippen molar-refractivity contribution in [3.8, 4) is 5.69 Å². The maximum absolute atomic E-state index is 8.58. The van der Waals surface area contributed by atoms with Gasteiger partial charge >= 0.3 is 7.12 Å². The topological polar surface area (TPSA) is 97.0 Å². The molecule has 0 bridgehead atoms. The lowest BCUT2D eigenvalue weighted by molar-refractivity contribution is 0.426. The normalized spacial score (nSPS) is 11.3. The molecule has 1 aliphatic rings. The quantitative estimate of drug-likeness (QED) is 0.166. The summed E-state index contributed by atoms with van der Waals surface area (Å²) in [7, 11) is -1.34. The Labute approximate surface area is 233 Å². The summed E-state index contributed by atoms with van der Waals surface area (Å²) in [6, 6.07) is 20.4. The lowest BCUT2D eigenvalue weighted by Gasteiger charge is -2.04. The Morgan fingerprint density at radius 1 is 0.730 bits per heavy atom. The molecule has 3 aromatic heterocycles. The molecule has 3 heterocycles. The highest BCUT2D eigenvalue weighted by Gasteiger charge is 2.12. The fourth-order valence-electron chi connectivity index (χ4n) is 3.44. The number of hydrogen-bond acceptors (Lipinski definition) is 6. The molecule has 0 atom stereocenters. The van der Waals surface area contributed by atoms with Crippen molar-refractivity contribution in [1.82, 2.24) is 24.5 Å². The molecular weight excluding hydrogens is 555 g/mol. The van der Waals surface area contributed by atoms with Crippen LogP contribution in [-0.4, -0.2) is 41.7 Å². The predicted molar refractivity (Wildman–Crippen MR) is 150 cm³/mol. The lowest BCUT2D eigenvalue weighted by atomic mass is 9.81. The molecule has 2 aromatic carbocycles. The van der Waals surface area contributed by atoms with Crippen LogP contribution in [0.2, 0.25) is 20.9 Å². The number of nitrogens with zero attached hydrogens (tertiary/aromatic N) is 5. The van der Waals surface area contributed by atoms with Crippen molar-refractivity contribution < 1.29 is 10.0 Å². The zero-order valence-electron chi connectivity index (χ0n) is 19.0. The van der Waals surface area contributed by atoms with Gasteiger partial charge in [0, 0.05) is 23.9 Å². The van der Waals surface area contributed by atoms with Crippen LogP contribution in [-0.2, 0) is 6.42 Å². The van der Waals surface area contributed by atoms with Crippen molar-refractivity contribution in [3.05, 3.63) is 111 Å². The van der Waals surface area contributed by atoms with Gasteiger partial charge in [0.2, 0.25) is 10.6 Å². The Kier molecular flexibility index (Phi) is 9.16. The summed E-state index contributed by atoms with van der Waals surface area (Å²) in [4.78, 5) is 16.0. The zero-order valence-corrected chi connectivity index (χ0v) is 22.0. The molecule has 0 unspecified atom stereocenters. The van der Waals surface area contributed by atoms with Crippen LogP contribution in [0.4, 0.5) is 0 Å². The smallest absolute Gasteiger partial charge is 0.423 e. The van der Waals surface area contributed by atoms with Gasteiger partial charge in [0.25, 0.3) is 0 Å². The van der Waals surface area contributed by atoms with Crippen LogP contribution < -0.4 is 5.46 Å². The lowest BCUT2D eigenvalue weighted by Crippen LogP contribution is -2.29. The molecule has 0 radical (unpaired) electrons. The second kappa shape index (κ2) is 12.5. The molecular formula is C25H18BCl4N5O2. The van der Waals surface area contributed by atoms with Crippen LogP contribution in [0.3, 0.4) is 0 Å². The van der Waals surface area contributed by atoms with Gasteiger partial charge in [-0.05, 0) is 46.9 Å². The molecule has 12 heteroatoms. The number of aromatic nitrogens is 5. The van der Waals surface area contributed by atoms with Gasteiger partial charge in [-0.1, -0.05) is 83.9 Å². The summed E-state index contributed by atoms with van der Waals surface area (Å²) in [6.07, 6.45) is 6.60. The fourth-order valence-corrected chi connectivity index (χ4v) is 4.36. The van der Waals surface area contributed by atoms with Gasteiger partial charge in [0.05, 0.1) is 11.1 Å². The predicted octanol–water partition coefficient (Wildman–Crippen LogP) is 5.45. The summed E-state index contributed by atoms with van der Waals surface area (Å²) in [6.45, 7) is 0. The number of para-hydroxylation sites is 1. The van der Waals surface area contributed by atoms with E-state index in [9.17, 15) is 0 Å². The van der Waals surface area contributed by atoms with Crippen molar-refractivity contribution in [3.63, 3.8) is 0 Å². The number of halogens is 4. The van der Waals surface area contributed by atoms with Crippen LogP contribution >= 0.6 is 46.4 Å². The van der Waals surface area contributed by atoms with Crippen molar-refractivity contribution in [2.45, 2.75) is 6.42 Å². The summed E-state index contributed by atoms with van der Waals surface area (Å²) in [5, 5.41) is 19.1. The Bertz CT molecular complexity index is 1530. The number of fused-ring (bicyclic) bond motifs is 2. The van der Waals surface area contributed by atoms with Gasteiger partial charge in [-0.25, -0.2) is 15.0 Å². The standard InChI is InChI=1S/C12H7Cl2N3.C7H4Cl2N2.C6H7BO2/c13-10-9-6-7-17(8-4-2-1-3-5-8)11(9)16-12(14)15-10;8-6-4-2-1-3-5(4)10-7(9)11-6;8-7(9)6-4-2-1-3-5-6/h1-7H;1-2H,3H2;1-5,8-9H. The van der Waals surface area contributed by atoms with E-state index in [0.717, 1.165) is 28.8 Å². The molecule has 6 rings (SSSR count). The number of rotatable bonds is 2. The van der Waals surface area contributed by atoms with E-state index in [1.165, 1.54) is 0 Å². The molecule has 186 valence electrons. The first kappa shape index (κ1) is 27.1. The Balaban J connectivity index is 0.000000139. The van der Waals surface area contributed by atoms with E-state index < -0.39 is 7.12 Å². The first-order valence-electron chi connectivity index (χ1n) is 10.9. The monoisotopic (exact) mass is 571 g/mol. The summed E-state index contributed by atoms with van der Waals surface area (Å²) in [5.41, 5.74) is 4.05. The molecule has 0 saturated heterocycles. The SMILES string of the molecule is Clc1nc(Cl)c2c(n1)CC=C2.Clc1nc(Cl)c2ccn(-c3ccccc3)c2n1.OB(O)c1ccccc1. The van der Waals surface area contributed by atoms with Crippen LogP contribution in [0, 0.1) is 0 Å². The molecule has 0 fully saturated rings. The van der Waals surface area contributed by atoms with Crippen LogP contribution in [0.1, 0.15) is 11.3 Å². The maximum atomic E-state index is 8.58. The molecule has 0 aliphatic heterocycles. The van der Waals surface area contributed by atoms with E-state index in [1.54, 1.807) is 24.3 Å². The van der Waals surface area contributed by atoms with Gasteiger partial charge < -0.3 is 14.6 Å². The van der Waals surface area contributed by atoms with Crippen molar-refractivity contribution >= 4 is 76.1 Å². The Morgan fingerprint density at radius 2 is 1.35 bits per heavy atom. The molecule has 2 N–H and O–H groups in total. The minimum Gasteiger partial charge on any atom is -0.423 e. The molecule has 0 spiro atoms. The third-order valence-corrected chi connectivity index (χ3v) is 6.06. The van der Waals surface area contributed by atoms with E-state index >= 15 is 0 Å². The van der Waals surface area contributed by atoms with Crippen LogP contribution in [0.15, 0.2) is 79.0 Å². The molecule has 0 saturated carbocycles. The summed E-state index contributed by atoms with van der Waals surface area (Å²) in [5.74, 6) is 0. The van der Waals surface area contributed by atoms with Crippen LogP contribution in [0.5, 0.6) is 0 Å². The molecule has 0 amide bonds. The first-order valence-corrected chi connectivity index (χ1v) is 12.4. The van der Waals surface area contributed by atoms with Gasteiger partial charge in [-0.15, -0.1) is 0 Å². The third kappa shape index (κ3) is 6.87. The average molecular weight is 573 g/mol. The minimum absolute atomic E-state index is 0.151. The second-order valence-electron chi connectivity index (χ2n) is 7.58. The van der Waals surface area contributed by atoms with E-state index in [0.29, 0.717) is 21.4 Å². The summed E-state index contributed by atoms with van der Waals surface area (Å²) < 4.78 is 1.93. The van der Waals surface area contributed by atoms with E-state index in [2.05, 4.69) is 19.9 Å². The highest BCUT2D eigenvalue weighted by Crippen LogP contribution is 2.26. The van der Waals surface area contributed by atoms with Gasteiger partial charge in [-0.2, -0.15) is 4.98 Å². The first-order chi connectivity index (χ1) is 17.8. The highest BCUT2D eigenvalue weighted by atomic mass is 35.5. The summed E-state index contributed by atoms with van der Waals surface area (Å²) >= 11 is 23.2. The molecule has 37 heavy (non-hydrogen) atoms. The Hall–Kier alpha value is -2.98. The van der Waals surface area contributed by atoms with E-state index in [-0.39, 0.29) is 10.6 Å². The molecule has 7 nitrogen and oxygen atoms in total. The van der Waals surface area contributed by atoms with E-state index in [4.69, 9.17) is 56.5 Å². The van der Waals surface area contributed by atoms with Crippen molar-refractivity contribution in [2.24, 2.45) is 0 Å². The molecule has 5 aromatic rings. The number of hydrogen-bond donors (Lipinski definition) is 2.